The largest absolute Gasteiger partial charge is 0.496 e. The number of halogens is 2. The maximum absolute atomic E-state index is 5.87. The molecular formula is C16H18Br2O2. The average molecular weight is 402 g/mol. The third-order valence-corrected chi connectivity index (χ3v) is 5.18. The zero-order valence-corrected chi connectivity index (χ0v) is 15.3. The smallest absolute Gasteiger partial charge is 0.126 e. The Morgan fingerprint density at radius 3 is 2.55 bits per heavy atom. The summed E-state index contributed by atoms with van der Waals surface area (Å²) in [6.07, 6.45) is 0.896. The normalized spacial score (nSPS) is 12.5. The molecule has 1 unspecified atom stereocenters. The molecule has 108 valence electrons. The number of alkyl halides is 1. The van der Waals surface area contributed by atoms with Gasteiger partial charge in [-0.15, -0.1) is 0 Å². The predicted molar refractivity (Wildman–Crippen MR) is 89.0 cm³/mol. The van der Waals surface area contributed by atoms with Crippen LogP contribution in [0.15, 0.2) is 27.1 Å². The van der Waals surface area contributed by atoms with E-state index in [1.165, 1.54) is 0 Å². The Morgan fingerprint density at radius 1 is 1.30 bits per heavy atom. The van der Waals surface area contributed by atoms with E-state index in [0.29, 0.717) is 0 Å². The molecule has 1 aromatic carbocycles. The number of methoxy groups -OCH3 is 1. The van der Waals surface area contributed by atoms with Crippen LogP contribution in [0.25, 0.3) is 0 Å². The summed E-state index contributed by atoms with van der Waals surface area (Å²) >= 11 is 7.37. The van der Waals surface area contributed by atoms with Gasteiger partial charge in [-0.05, 0) is 43.2 Å². The van der Waals surface area contributed by atoms with Gasteiger partial charge in [-0.1, -0.05) is 38.8 Å². The molecule has 0 spiro atoms. The van der Waals surface area contributed by atoms with Gasteiger partial charge >= 0.3 is 0 Å². The molecule has 0 radical (unpaired) electrons. The van der Waals surface area contributed by atoms with E-state index >= 15 is 0 Å². The average Bonchev–Trinajstić information content (AvgIpc) is 2.90. The maximum Gasteiger partial charge on any atom is 0.126 e. The van der Waals surface area contributed by atoms with Gasteiger partial charge in [0.1, 0.15) is 22.1 Å². The second-order valence-corrected chi connectivity index (χ2v) is 6.54. The maximum atomic E-state index is 5.87. The van der Waals surface area contributed by atoms with Crippen molar-refractivity contribution in [1.82, 2.24) is 0 Å². The molecule has 0 bridgehead atoms. The lowest BCUT2D eigenvalue weighted by molar-refractivity contribution is 0.403. The summed E-state index contributed by atoms with van der Waals surface area (Å²) in [5, 5.41) is 0. The highest BCUT2D eigenvalue weighted by molar-refractivity contribution is 9.10. The number of ether oxygens (including phenoxy) is 1. The fraction of sp³-hybridized carbons (Fsp3) is 0.375. The fourth-order valence-corrected chi connectivity index (χ4v) is 3.67. The van der Waals surface area contributed by atoms with Crippen molar-refractivity contribution in [2.24, 2.45) is 0 Å². The van der Waals surface area contributed by atoms with Gasteiger partial charge in [-0.2, -0.15) is 0 Å². The first-order chi connectivity index (χ1) is 9.49. The second kappa shape index (κ2) is 6.35. The van der Waals surface area contributed by atoms with E-state index in [9.17, 15) is 0 Å². The molecule has 2 aromatic rings. The molecule has 0 aliphatic heterocycles. The lowest BCUT2D eigenvalue weighted by atomic mass is 10.00. The van der Waals surface area contributed by atoms with Crippen LogP contribution in [0, 0.1) is 13.8 Å². The van der Waals surface area contributed by atoms with Gasteiger partial charge in [0.15, 0.2) is 0 Å². The highest BCUT2D eigenvalue weighted by Crippen LogP contribution is 2.43. The summed E-state index contributed by atoms with van der Waals surface area (Å²) in [5.74, 6) is 2.80. The van der Waals surface area contributed by atoms with Crippen molar-refractivity contribution in [2.45, 2.75) is 32.0 Å². The molecule has 0 saturated carbocycles. The first kappa shape index (κ1) is 15.6. The van der Waals surface area contributed by atoms with Crippen molar-refractivity contribution in [3.63, 3.8) is 0 Å². The van der Waals surface area contributed by atoms with Crippen LogP contribution in [-0.2, 0) is 6.42 Å². The van der Waals surface area contributed by atoms with E-state index in [2.05, 4.69) is 51.8 Å². The Balaban J connectivity index is 2.55. The van der Waals surface area contributed by atoms with Crippen LogP contribution < -0.4 is 4.74 Å². The third-order valence-electron chi connectivity index (χ3n) is 3.45. The minimum absolute atomic E-state index is 0.0195. The van der Waals surface area contributed by atoms with Gasteiger partial charge in [0.2, 0.25) is 0 Å². The van der Waals surface area contributed by atoms with Crippen LogP contribution in [0.2, 0.25) is 0 Å². The Labute approximate surface area is 136 Å². The Kier molecular flexibility index (Phi) is 4.97. The van der Waals surface area contributed by atoms with E-state index in [1.807, 2.05) is 19.1 Å². The molecule has 0 aliphatic rings. The molecule has 20 heavy (non-hydrogen) atoms. The van der Waals surface area contributed by atoms with Crippen molar-refractivity contribution in [3.8, 4) is 5.75 Å². The summed E-state index contributed by atoms with van der Waals surface area (Å²) in [5.41, 5.74) is 3.37. The number of aryl methyl sites for hydroxylation is 2. The molecule has 2 nitrogen and oxygen atoms in total. The SMILES string of the molecule is CCc1ccc(C(Br)c2c(C)c(Br)cc(C)c2OC)o1. The second-order valence-electron chi connectivity index (χ2n) is 4.77. The highest BCUT2D eigenvalue weighted by Gasteiger charge is 2.23. The molecule has 1 heterocycles. The molecule has 1 atom stereocenters. The molecule has 0 N–H and O–H groups in total. The Morgan fingerprint density at radius 2 is 2.00 bits per heavy atom. The number of hydrogen-bond donors (Lipinski definition) is 0. The first-order valence-electron chi connectivity index (χ1n) is 6.55. The molecule has 2 rings (SSSR count). The minimum Gasteiger partial charge on any atom is -0.496 e. The van der Waals surface area contributed by atoms with Crippen LogP contribution in [0.1, 0.15) is 40.0 Å². The van der Waals surface area contributed by atoms with Crippen LogP contribution in [0.4, 0.5) is 0 Å². The molecule has 0 aliphatic carbocycles. The van der Waals surface area contributed by atoms with Gasteiger partial charge in [0.25, 0.3) is 0 Å². The number of hydrogen-bond acceptors (Lipinski definition) is 2. The third kappa shape index (κ3) is 2.82. The van der Waals surface area contributed by atoms with Gasteiger partial charge in [0.05, 0.1) is 7.11 Å². The summed E-state index contributed by atoms with van der Waals surface area (Å²) in [6, 6.07) is 6.13. The zero-order chi connectivity index (χ0) is 14.9. The lowest BCUT2D eigenvalue weighted by Crippen LogP contribution is -2.02. The van der Waals surface area contributed by atoms with Crippen molar-refractivity contribution >= 4 is 31.9 Å². The molecular weight excluding hydrogens is 384 g/mol. The summed E-state index contributed by atoms with van der Waals surface area (Å²) in [6.45, 7) is 6.21. The standard InChI is InChI=1S/C16H18Br2O2/c1-5-11-6-7-13(20-11)15(18)14-10(3)12(17)8-9(2)16(14)19-4/h6-8,15H,5H2,1-4H3. The van der Waals surface area contributed by atoms with Crippen molar-refractivity contribution in [1.29, 1.82) is 0 Å². The number of rotatable bonds is 4. The quantitative estimate of drug-likeness (QED) is 0.611. The van der Waals surface area contributed by atoms with Crippen LogP contribution in [-0.4, -0.2) is 7.11 Å². The molecule has 0 fully saturated rings. The lowest BCUT2D eigenvalue weighted by Gasteiger charge is -2.19. The monoisotopic (exact) mass is 400 g/mol. The molecule has 0 amide bonds. The van der Waals surface area contributed by atoms with E-state index in [-0.39, 0.29) is 4.83 Å². The number of benzene rings is 1. The topological polar surface area (TPSA) is 22.4 Å². The molecule has 4 heteroatoms. The van der Waals surface area contributed by atoms with E-state index in [1.54, 1.807) is 7.11 Å². The van der Waals surface area contributed by atoms with Crippen molar-refractivity contribution < 1.29 is 9.15 Å². The van der Waals surface area contributed by atoms with Gasteiger partial charge in [0, 0.05) is 16.5 Å². The molecule has 1 aromatic heterocycles. The van der Waals surface area contributed by atoms with Crippen LogP contribution in [0.3, 0.4) is 0 Å². The minimum atomic E-state index is -0.0195. The summed E-state index contributed by atoms with van der Waals surface area (Å²) < 4.78 is 12.5. The van der Waals surface area contributed by atoms with Gasteiger partial charge in [-0.3, -0.25) is 0 Å². The zero-order valence-electron chi connectivity index (χ0n) is 12.1. The molecule has 0 saturated heterocycles. The summed E-state index contributed by atoms with van der Waals surface area (Å²) in [7, 11) is 1.71. The van der Waals surface area contributed by atoms with E-state index < -0.39 is 0 Å². The van der Waals surface area contributed by atoms with E-state index in [0.717, 1.165) is 44.9 Å². The van der Waals surface area contributed by atoms with E-state index in [4.69, 9.17) is 9.15 Å². The van der Waals surface area contributed by atoms with Gasteiger partial charge in [-0.25, -0.2) is 0 Å². The van der Waals surface area contributed by atoms with Crippen LogP contribution >= 0.6 is 31.9 Å². The summed E-state index contributed by atoms with van der Waals surface area (Å²) in [4.78, 5) is -0.0195. The Hall–Kier alpha value is -0.740. The first-order valence-corrected chi connectivity index (χ1v) is 8.26. The highest BCUT2D eigenvalue weighted by atomic mass is 79.9. The number of furan rings is 1. The predicted octanol–water partition coefficient (Wildman–Crippen LogP) is 5.71. The van der Waals surface area contributed by atoms with Crippen LogP contribution in [0.5, 0.6) is 5.75 Å². The Bertz CT molecular complexity index is 617. The fourth-order valence-electron chi connectivity index (χ4n) is 2.31. The van der Waals surface area contributed by atoms with Crippen molar-refractivity contribution in [2.75, 3.05) is 7.11 Å². The van der Waals surface area contributed by atoms with Crippen molar-refractivity contribution in [3.05, 3.63) is 50.9 Å². The van der Waals surface area contributed by atoms with Gasteiger partial charge < -0.3 is 9.15 Å².